The van der Waals surface area contributed by atoms with E-state index in [2.05, 4.69) is 0 Å². The van der Waals surface area contributed by atoms with Gasteiger partial charge in [-0.15, -0.1) is 0 Å². The number of hydrogen-bond acceptors (Lipinski definition) is 1. The molecule has 0 aliphatic heterocycles. The Morgan fingerprint density at radius 3 is 2.27 bits per heavy atom. The summed E-state index contributed by atoms with van der Waals surface area (Å²) >= 11 is 11.9. The predicted molar refractivity (Wildman–Crippen MR) is 83.3 cm³/mol. The largest absolute Gasteiger partial charge is 0.335 e. The quantitative estimate of drug-likeness (QED) is 0.758. The molecule has 0 aliphatic carbocycles. The van der Waals surface area contributed by atoms with Crippen LogP contribution in [0.25, 0.3) is 0 Å². The second-order valence-corrected chi connectivity index (χ2v) is 5.70. The van der Waals surface area contributed by atoms with Gasteiger partial charge in [0.25, 0.3) is 5.91 Å². The summed E-state index contributed by atoms with van der Waals surface area (Å²) < 4.78 is 27.5. The third-order valence-electron chi connectivity index (χ3n) is 3.49. The van der Waals surface area contributed by atoms with Crippen LogP contribution in [-0.2, 0) is 0 Å². The van der Waals surface area contributed by atoms with Crippen molar-refractivity contribution in [3.05, 3.63) is 69.2 Å². The van der Waals surface area contributed by atoms with Crippen molar-refractivity contribution in [3.63, 3.8) is 0 Å². The maximum absolute atomic E-state index is 13.7. The number of amides is 1. The van der Waals surface area contributed by atoms with Crippen molar-refractivity contribution < 1.29 is 13.6 Å². The van der Waals surface area contributed by atoms with Crippen molar-refractivity contribution >= 4 is 29.1 Å². The summed E-state index contributed by atoms with van der Waals surface area (Å²) in [4.78, 5) is 13.6. The summed E-state index contributed by atoms with van der Waals surface area (Å²) in [5.41, 5.74) is 0.0561. The third-order valence-corrected chi connectivity index (χ3v) is 4.05. The first-order valence-corrected chi connectivity index (χ1v) is 7.24. The zero-order valence-electron chi connectivity index (χ0n) is 11.9. The van der Waals surface area contributed by atoms with Crippen molar-refractivity contribution in [1.82, 2.24) is 4.90 Å². The van der Waals surface area contributed by atoms with Crippen molar-refractivity contribution in [2.45, 2.75) is 13.0 Å². The Hall–Kier alpha value is -1.65. The van der Waals surface area contributed by atoms with Gasteiger partial charge in [0.2, 0.25) is 0 Å². The highest BCUT2D eigenvalue weighted by Crippen LogP contribution is 2.30. The Kier molecular flexibility index (Phi) is 5.04. The zero-order chi connectivity index (χ0) is 16.4. The number of carbonyl (C=O) groups excluding carboxylic acids is 1. The molecule has 0 aromatic heterocycles. The molecule has 0 radical (unpaired) electrons. The third kappa shape index (κ3) is 3.23. The average Bonchev–Trinajstić information content (AvgIpc) is 2.45. The molecule has 1 atom stereocenters. The van der Waals surface area contributed by atoms with Crippen LogP contribution in [0.3, 0.4) is 0 Å². The van der Waals surface area contributed by atoms with E-state index in [1.807, 2.05) is 0 Å². The van der Waals surface area contributed by atoms with Crippen LogP contribution in [0.2, 0.25) is 10.0 Å². The second kappa shape index (κ2) is 6.63. The van der Waals surface area contributed by atoms with E-state index in [1.54, 1.807) is 25.1 Å². The van der Waals surface area contributed by atoms with Crippen molar-refractivity contribution in [2.24, 2.45) is 0 Å². The highest BCUT2D eigenvalue weighted by Gasteiger charge is 2.25. The first-order valence-electron chi connectivity index (χ1n) is 6.49. The SMILES string of the molecule is CC(c1ccc(Cl)cc1Cl)N(C)C(=O)c1c(F)cccc1F. The standard InChI is InChI=1S/C16H13Cl2F2NO/c1-9(11-7-6-10(17)8-12(11)18)21(2)16(22)15-13(19)4-3-5-14(15)20/h3-9H,1-2H3. The van der Waals surface area contributed by atoms with Crippen LogP contribution >= 0.6 is 23.2 Å². The molecule has 0 saturated carbocycles. The van der Waals surface area contributed by atoms with E-state index in [9.17, 15) is 13.6 Å². The Balaban J connectivity index is 2.34. The highest BCUT2D eigenvalue weighted by molar-refractivity contribution is 6.35. The molecule has 22 heavy (non-hydrogen) atoms. The van der Waals surface area contributed by atoms with Gasteiger partial charge in [0, 0.05) is 17.1 Å². The average molecular weight is 344 g/mol. The molecule has 2 nitrogen and oxygen atoms in total. The van der Waals surface area contributed by atoms with E-state index in [1.165, 1.54) is 18.0 Å². The van der Waals surface area contributed by atoms with Gasteiger partial charge in [0.05, 0.1) is 6.04 Å². The molecule has 0 aliphatic rings. The van der Waals surface area contributed by atoms with E-state index in [0.717, 1.165) is 12.1 Å². The molecule has 0 fully saturated rings. The Bertz CT molecular complexity index is 701. The van der Waals surface area contributed by atoms with Crippen LogP contribution < -0.4 is 0 Å². The maximum Gasteiger partial charge on any atom is 0.260 e. The summed E-state index contributed by atoms with van der Waals surface area (Å²) in [6, 6.07) is 7.70. The lowest BCUT2D eigenvalue weighted by Gasteiger charge is -2.26. The number of carbonyl (C=O) groups is 1. The van der Waals surface area contributed by atoms with Gasteiger partial charge in [-0.1, -0.05) is 35.3 Å². The topological polar surface area (TPSA) is 20.3 Å². The van der Waals surface area contributed by atoms with E-state index < -0.39 is 29.1 Å². The molecule has 1 unspecified atom stereocenters. The molecule has 2 rings (SSSR count). The lowest BCUT2D eigenvalue weighted by Crippen LogP contribution is -2.31. The summed E-state index contributed by atoms with van der Waals surface area (Å²) in [5, 5.41) is 0.851. The van der Waals surface area contributed by atoms with Gasteiger partial charge in [0.15, 0.2) is 0 Å². The summed E-state index contributed by atoms with van der Waals surface area (Å²) in [6.45, 7) is 1.71. The van der Waals surface area contributed by atoms with Crippen LogP contribution in [-0.4, -0.2) is 17.9 Å². The first kappa shape index (κ1) is 16.7. The molecular formula is C16H13Cl2F2NO. The number of rotatable bonds is 3. The molecule has 116 valence electrons. The smallest absolute Gasteiger partial charge is 0.260 e. The number of halogens is 4. The minimum Gasteiger partial charge on any atom is -0.335 e. The first-order chi connectivity index (χ1) is 10.3. The summed E-state index contributed by atoms with van der Waals surface area (Å²) in [5.74, 6) is -2.55. The minimum atomic E-state index is -0.897. The summed E-state index contributed by atoms with van der Waals surface area (Å²) in [7, 11) is 1.46. The van der Waals surface area contributed by atoms with E-state index in [4.69, 9.17) is 23.2 Å². The molecule has 0 bridgehead atoms. The lowest BCUT2D eigenvalue weighted by atomic mass is 10.1. The van der Waals surface area contributed by atoms with Crippen LogP contribution in [0.5, 0.6) is 0 Å². The fraction of sp³-hybridized carbons (Fsp3) is 0.188. The molecule has 0 spiro atoms. The van der Waals surface area contributed by atoms with Gasteiger partial charge in [-0.25, -0.2) is 8.78 Å². The molecule has 6 heteroatoms. The molecule has 0 N–H and O–H groups in total. The minimum absolute atomic E-state index is 0.383. The van der Waals surface area contributed by atoms with Gasteiger partial charge in [-0.3, -0.25) is 4.79 Å². The monoisotopic (exact) mass is 343 g/mol. The molecule has 2 aromatic carbocycles. The van der Waals surface area contributed by atoms with E-state index in [-0.39, 0.29) is 0 Å². The van der Waals surface area contributed by atoms with Gasteiger partial charge >= 0.3 is 0 Å². The van der Waals surface area contributed by atoms with Gasteiger partial charge in [-0.05, 0) is 36.8 Å². The lowest BCUT2D eigenvalue weighted by molar-refractivity contribution is 0.0733. The number of nitrogens with zero attached hydrogens (tertiary/aromatic N) is 1. The van der Waals surface area contributed by atoms with Gasteiger partial charge in [-0.2, -0.15) is 0 Å². The van der Waals surface area contributed by atoms with E-state index >= 15 is 0 Å². The Morgan fingerprint density at radius 1 is 1.14 bits per heavy atom. The van der Waals surface area contributed by atoms with Crippen LogP contribution in [0.4, 0.5) is 8.78 Å². The molecule has 0 heterocycles. The fourth-order valence-corrected chi connectivity index (χ4v) is 2.67. The highest BCUT2D eigenvalue weighted by atomic mass is 35.5. The zero-order valence-corrected chi connectivity index (χ0v) is 13.4. The molecule has 1 amide bonds. The van der Waals surface area contributed by atoms with Crippen molar-refractivity contribution in [2.75, 3.05) is 7.05 Å². The molecular weight excluding hydrogens is 331 g/mol. The Morgan fingerprint density at radius 2 is 1.73 bits per heavy atom. The molecule has 2 aromatic rings. The normalized spacial score (nSPS) is 12.1. The van der Waals surface area contributed by atoms with Crippen LogP contribution in [0.1, 0.15) is 28.9 Å². The van der Waals surface area contributed by atoms with Crippen LogP contribution in [0.15, 0.2) is 36.4 Å². The fourth-order valence-electron chi connectivity index (χ4n) is 2.10. The number of hydrogen-bond donors (Lipinski definition) is 0. The summed E-state index contributed by atoms with van der Waals surface area (Å²) in [6.07, 6.45) is 0. The second-order valence-electron chi connectivity index (χ2n) is 4.85. The van der Waals surface area contributed by atoms with E-state index in [0.29, 0.717) is 15.6 Å². The molecule has 0 saturated heterocycles. The van der Waals surface area contributed by atoms with Crippen molar-refractivity contribution in [1.29, 1.82) is 0 Å². The van der Waals surface area contributed by atoms with Crippen LogP contribution in [0, 0.1) is 11.6 Å². The van der Waals surface area contributed by atoms with Gasteiger partial charge < -0.3 is 4.90 Å². The number of benzene rings is 2. The Labute approximate surface area is 137 Å². The van der Waals surface area contributed by atoms with Crippen molar-refractivity contribution in [3.8, 4) is 0 Å². The predicted octanol–water partition coefficient (Wildman–Crippen LogP) is 5.10. The maximum atomic E-state index is 13.7. The van der Waals surface area contributed by atoms with Gasteiger partial charge in [0.1, 0.15) is 17.2 Å².